The van der Waals surface area contributed by atoms with Crippen LogP contribution in [0.3, 0.4) is 0 Å². The standard InChI is InChI=1S/C12H20BrNO3/c1-3-4-5-6-7-8-14-17-12(16)9-11(13)10(2)15/h9,14H,3-8H2,1-2H3/b11-9+. The summed E-state index contributed by atoms with van der Waals surface area (Å²) in [4.78, 5) is 26.7. The molecule has 0 unspecified atom stereocenters. The number of halogens is 1. The van der Waals surface area contributed by atoms with E-state index in [0.29, 0.717) is 6.54 Å². The van der Waals surface area contributed by atoms with Crippen LogP contribution in [-0.4, -0.2) is 18.3 Å². The molecule has 0 aromatic carbocycles. The van der Waals surface area contributed by atoms with Crippen molar-refractivity contribution in [2.24, 2.45) is 0 Å². The second kappa shape index (κ2) is 10.5. The lowest BCUT2D eigenvalue weighted by molar-refractivity contribution is -0.145. The SMILES string of the molecule is CCCCCCCNOC(=O)/C=C(/Br)C(C)=O. The largest absolute Gasteiger partial charge is 0.367 e. The molecule has 0 radical (unpaired) electrons. The lowest BCUT2D eigenvalue weighted by Gasteiger charge is -2.03. The van der Waals surface area contributed by atoms with Crippen molar-refractivity contribution < 1.29 is 14.4 Å². The summed E-state index contributed by atoms with van der Waals surface area (Å²) < 4.78 is 0.215. The molecule has 0 aliphatic heterocycles. The third-order valence-corrected chi connectivity index (χ3v) is 2.92. The Hall–Kier alpha value is -0.680. The van der Waals surface area contributed by atoms with E-state index in [0.717, 1.165) is 18.9 Å². The van der Waals surface area contributed by atoms with Crippen molar-refractivity contribution in [2.75, 3.05) is 6.54 Å². The van der Waals surface area contributed by atoms with Gasteiger partial charge >= 0.3 is 5.97 Å². The summed E-state index contributed by atoms with van der Waals surface area (Å²) in [6, 6.07) is 0. The predicted molar refractivity (Wildman–Crippen MR) is 70.5 cm³/mol. The highest BCUT2D eigenvalue weighted by Gasteiger charge is 2.04. The van der Waals surface area contributed by atoms with Gasteiger partial charge in [0.15, 0.2) is 5.78 Å². The van der Waals surface area contributed by atoms with Gasteiger partial charge in [-0.3, -0.25) is 4.79 Å². The lowest BCUT2D eigenvalue weighted by Crippen LogP contribution is -2.20. The van der Waals surface area contributed by atoms with Crippen molar-refractivity contribution in [3.8, 4) is 0 Å². The van der Waals surface area contributed by atoms with Crippen molar-refractivity contribution in [2.45, 2.75) is 46.0 Å². The van der Waals surface area contributed by atoms with E-state index in [1.807, 2.05) is 0 Å². The quantitative estimate of drug-likeness (QED) is 0.404. The molecule has 0 bridgehead atoms. The number of hydrogen-bond donors (Lipinski definition) is 1. The van der Waals surface area contributed by atoms with Gasteiger partial charge in [-0.25, -0.2) is 4.79 Å². The highest BCUT2D eigenvalue weighted by atomic mass is 79.9. The maximum Gasteiger partial charge on any atom is 0.350 e. The molecule has 0 saturated carbocycles. The van der Waals surface area contributed by atoms with E-state index in [2.05, 4.69) is 28.3 Å². The zero-order valence-electron chi connectivity index (χ0n) is 10.4. The number of carbonyl (C=O) groups is 2. The van der Waals surface area contributed by atoms with Crippen LogP contribution < -0.4 is 5.48 Å². The Morgan fingerprint density at radius 2 is 1.88 bits per heavy atom. The van der Waals surface area contributed by atoms with Gasteiger partial charge in [-0.15, -0.1) is 0 Å². The van der Waals surface area contributed by atoms with Gasteiger partial charge in [0.25, 0.3) is 0 Å². The molecule has 0 aliphatic rings. The molecule has 0 heterocycles. The minimum atomic E-state index is -0.569. The van der Waals surface area contributed by atoms with Crippen LogP contribution in [0.5, 0.6) is 0 Å². The van der Waals surface area contributed by atoms with E-state index < -0.39 is 5.97 Å². The molecule has 0 fully saturated rings. The fourth-order valence-corrected chi connectivity index (χ4v) is 1.34. The Morgan fingerprint density at radius 3 is 2.47 bits per heavy atom. The van der Waals surface area contributed by atoms with Crippen LogP contribution in [0.15, 0.2) is 10.6 Å². The summed E-state index contributed by atoms with van der Waals surface area (Å²) in [5.74, 6) is -0.776. The molecule has 4 nitrogen and oxygen atoms in total. The van der Waals surface area contributed by atoms with E-state index in [1.54, 1.807) is 0 Å². The highest BCUT2D eigenvalue weighted by Crippen LogP contribution is 2.05. The Kier molecular flexibility index (Phi) is 10.1. The molecule has 17 heavy (non-hydrogen) atoms. The summed E-state index contributed by atoms with van der Waals surface area (Å²) in [7, 11) is 0. The molecular formula is C12H20BrNO3. The molecule has 0 aromatic rings. The minimum Gasteiger partial charge on any atom is -0.367 e. The van der Waals surface area contributed by atoms with E-state index in [-0.39, 0.29) is 10.3 Å². The molecule has 0 atom stereocenters. The third kappa shape index (κ3) is 10.2. The zero-order valence-corrected chi connectivity index (χ0v) is 12.0. The first kappa shape index (κ1) is 16.3. The number of ketones is 1. The summed E-state index contributed by atoms with van der Waals surface area (Å²) in [5.41, 5.74) is 2.58. The smallest absolute Gasteiger partial charge is 0.350 e. The van der Waals surface area contributed by atoms with Gasteiger partial charge < -0.3 is 4.84 Å². The van der Waals surface area contributed by atoms with E-state index in [4.69, 9.17) is 4.84 Å². The molecule has 0 aromatic heterocycles. The maximum absolute atomic E-state index is 11.1. The van der Waals surface area contributed by atoms with Gasteiger partial charge in [-0.1, -0.05) is 32.6 Å². The first-order valence-electron chi connectivity index (χ1n) is 5.89. The van der Waals surface area contributed by atoms with Gasteiger partial charge in [-0.2, -0.15) is 5.48 Å². The Labute approximate surface area is 111 Å². The maximum atomic E-state index is 11.1. The van der Waals surface area contributed by atoms with Gasteiger partial charge in [0.2, 0.25) is 0 Å². The van der Waals surface area contributed by atoms with Crippen LogP contribution in [0.1, 0.15) is 46.0 Å². The average molecular weight is 306 g/mol. The van der Waals surface area contributed by atoms with Crippen LogP contribution >= 0.6 is 15.9 Å². The highest BCUT2D eigenvalue weighted by molar-refractivity contribution is 9.12. The number of Topliss-reactive ketones (excluding diaryl/α,β-unsaturated/α-hetero) is 1. The second-order valence-corrected chi connectivity index (χ2v) is 4.63. The molecule has 5 heteroatoms. The number of hydroxylamine groups is 1. The number of nitrogens with one attached hydrogen (secondary N) is 1. The van der Waals surface area contributed by atoms with E-state index >= 15 is 0 Å². The molecule has 1 N–H and O–H groups in total. The molecule has 0 spiro atoms. The Bertz CT molecular complexity index is 277. The van der Waals surface area contributed by atoms with Gasteiger partial charge in [0, 0.05) is 12.6 Å². The summed E-state index contributed by atoms with van der Waals surface area (Å²) in [6.07, 6.45) is 6.89. The average Bonchev–Trinajstić information content (AvgIpc) is 2.27. The van der Waals surface area contributed by atoms with Gasteiger partial charge in [0.1, 0.15) is 0 Å². The minimum absolute atomic E-state index is 0.207. The summed E-state index contributed by atoms with van der Waals surface area (Å²) in [5, 5.41) is 0. The first-order chi connectivity index (χ1) is 8.07. The van der Waals surface area contributed by atoms with Crippen molar-refractivity contribution in [1.82, 2.24) is 5.48 Å². The lowest BCUT2D eigenvalue weighted by atomic mass is 10.2. The molecule has 0 amide bonds. The summed E-state index contributed by atoms with van der Waals surface area (Å²) in [6.45, 7) is 4.18. The Balaban J connectivity index is 3.52. The fourth-order valence-electron chi connectivity index (χ4n) is 1.16. The van der Waals surface area contributed by atoms with E-state index in [9.17, 15) is 9.59 Å². The topological polar surface area (TPSA) is 55.4 Å². The molecule has 0 aliphatic carbocycles. The molecule has 0 rings (SSSR count). The van der Waals surface area contributed by atoms with Crippen molar-refractivity contribution in [3.05, 3.63) is 10.6 Å². The van der Waals surface area contributed by atoms with Gasteiger partial charge in [-0.05, 0) is 29.3 Å². The third-order valence-electron chi connectivity index (χ3n) is 2.14. The number of allylic oxidation sites excluding steroid dienone is 1. The zero-order chi connectivity index (χ0) is 13.1. The normalized spacial score (nSPS) is 11.4. The van der Waals surface area contributed by atoms with Crippen LogP contribution in [0.4, 0.5) is 0 Å². The predicted octanol–water partition coefficient (Wildman–Crippen LogP) is 2.87. The number of hydrogen-bond acceptors (Lipinski definition) is 4. The molecule has 98 valence electrons. The number of carbonyl (C=O) groups excluding carboxylic acids is 2. The second-order valence-electron chi connectivity index (χ2n) is 3.78. The van der Waals surface area contributed by atoms with E-state index in [1.165, 1.54) is 26.2 Å². The van der Waals surface area contributed by atoms with Gasteiger partial charge in [0.05, 0.1) is 4.48 Å². The van der Waals surface area contributed by atoms with Crippen LogP contribution in [0.25, 0.3) is 0 Å². The monoisotopic (exact) mass is 305 g/mol. The van der Waals surface area contributed by atoms with Crippen LogP contribution in [-0.2, 0) is 14.4 Å². The molecule has 0 saturated heterocycles. The van der Waals surface area contributed by atoms with Crippen molar-refractivity contribution in [1.29, 1.82) is 0 Å². The Morgan fingerprint density at radius 1 is 1.24 bits per heavy atom. The number of rotatable bonds is 9. The molecular weight excluding hydrogens is 286 g/mol. The summed E-state index contributed by atoms with van der Waals surface area (Å²) >= 11 is 2.98. The van der Waals surface area contributed by atoms with Crippen molar-refractivity contribution in [3.63, 3.8) is 0 Å². The first-order valence-corrected chi connectivity index (χ1v) is 6.69. The van der Waals surface area contributed by atoms with Crippen LogP contribution in [0, 0.1) is 0 Å². The fraction of sp³-hybridized carbons (Fsp3) is 0.667. The van der Waals surface area contributed by atoms with Crippen molar-refractivity contribution >= 4 is 27.7 Å². The van der Waals surface area contributed by atoms with Crippen LogP contribution in [0.2, 0.25) is 0 Å². The number of unbranched alkanes of at least 4 members (excludes halogenated alkanes) is 4.